The van der Waals surface area contributed by atoms with Crippen molar-refractivity contribution in [3.8, 4) is 0 Å². The third kappa shape index (κ3) is 5.23. The van der Waals surface area contributed by atoms with Crippen LogP contribution in [0.3, 0.4) is 0 Å². The predicted octanol–water partition coefficient (Wildman–Crippen LogP) is 3.75. The Morgan fingerprint density at radius 1 is 1.05 bits per heavy atom. The summed E-state index contributed by atoms with van der Waals surface area (Å²) in [5, 5.41) is 7.43. The number of carbonyl (C=O) groups excluding carboxylic acids is 2. The van der Waals surface area contributed by atoms with Gasteiger partial charge in [0.2, 0.25) is 21.8 Å². The lowest BCUT2D eigenvalue weighted by atomic mass is 9.98. The topological polar surface area (TPSA) is 105 Å². The zero-order chi connectivity index (χ0) is 27.9. The van der Waals surface area contributed by atoms with Crippen molar-refractivity contribution in [2.24, 2.45) is 5.92 Å². The molecule has 2 aliphatic heterocycles. The Morgan fingerprint density at radius 2 is 1.82 bits per heavy atom. The number of nitrogens with zero attached hydrogens (tertiary/aromatic N) is 4. The number of rotatable bonds is 6. The molecule has 10 heteroatoms. The molecule has 5 rings (SSSR count). The van der Waals surface area contributed by atoms with Crippen LogP contribution in [0, 0.1) is 33.6 Å². The first-order valence-corrected chi connectivity index (χ1v) is 14.8. The zero-order valence-electron chi connectivity index (χ0n) is 22.9. The number of amides is 2. The van der Waals surface area contributed by atoms with Gasteiger partial charge in [-0.15, -0.1) is 0 Å². The second kappa shape index (κ2) is 10.6. The molecule has 3 heterocycles. The largest absolute Gasteiger partial charge is 0.326 e. The highest BCUT2D eigenvalue weighted by Crippen LogP contribution is 2.30. The van der Waals surface area contributed by atoms with Crippen molar-refractivity contribution in [3.63, 3.8) is 0 Å². The highest BCUT2D eigenvalue weighted by molar-refractivity contribution is 7.89. The van der Waals surface area contributed by atoms with Gasteiger partial charge in [0.1, 0.15) is 11.4 Å². The van der Waals surface area contributed by atoms with E-state index in [2.05, 4.69) is 10.4 Å². The molecule has 0 spiro atoms. The fourth-order valence-electron chi connectivity index (χ4n) is 5.71. The first kappa shape index (κ1) is 27.1. The van der Waals surface area contributed by atoms with Crippen LogP contribution in [-0.2, 0) is 32.6 Å². The SMILES string of the molecule is Cc1ccc(NC(=O)C2CCCN(S(=O)(=O)c3c(C)nn(CC(=O)N4CCc5ccccc54)c3C)C2)c(C)c1. The maximum atomic E-state index is 13.8. The van der Waals surface area contributed by atoms with Crippen LogP contribution in [0.5, 0.6) is 0 Å². The van der Waals surface area contributed by atoms with Gasteiger partial charge in [0.25, 0.3) is 0 Å². The highest BCUT2D eigenvalue weighted by Gasteiger charge is 2.37. The van der Waals surface area contributed by atoms with E-state index < -0.39 is 15.9 Å². The minimum atomic E-state index is -3.91. The monoisotopic (exact) mass is 549 g/mol. The Hall–Kier alpha value is -3.50. The van der Waals surface area contributed by atoms with Crippen molar-refractivity contribution in [1.29, 1.82) is 0 Å². The molecule has 2 aliphatic rings. The number of hydrogen-bond acceptors (Lipinski definition) is 5. The van der Waals surface area contributed by atoms with Gasteiger partial charge in [-0.05, 0) is 70.2 Å². The van der Waals surface area contributed by atoms with Crippen molar-refractivity contribution in [1.82, 2.24) is 14.1 Å². The summed E-state index contributed by atoms with van der Waals surface area (Å²) < 4.78 is 30.5. The van der Waals surface area contributed by atoms with Gasteiger partial charge in [0, 0.05) is 31.0 Å². The summed E-state index contributed by atoms with van der Waals surface area (Å²) in [6, 6.07) is 13.6. The summed E-state index contributed by atoms with van der Waals surface area (Å²) in [5.41, 5.74) is 5.62. The number of piperidine rings is 1. The number of anilines is 2. The number of carbonyl (C=O) groups is 2. The van der Waals surface area contributed by atoms with Crippen molar-refractivity contribution in [2.45, 2.75) is 58.4 Å². The van der Waals surface area contributed by atoms with Gasteiger partial charge < -0.3 is 10.2 Å². The van der Waals surface area contributed by atoms with Crippen molar-refractivity contribution >= 4 is 33.2 Å². The summed E-state index contributed by atoms with van der Waals surface area (Å²) >= 11 is 0. The van der Waals surface area contributed by atoms with Crippen LogP contribution in [0.2, 0.25) is 0 Å². The lowest BCUT2D eigenvalue weighted by molar-refractivity contribution is -0.121. The van der Waals surface area contributed by atoms with E-state index >= 15 is 0 Å². The van der Waals surface area contributed by atoms with E-state index in [9.17, 15) is 18.0 Å². The molecule has 0 bridgehead atoms. The van der Waals surface area contributed by atoms with Crippen LogP contribution in [0.4, 0.5) is 11.4 Å². The number of aryl methyl sites for hydroxylation is 3. The fourth-order valence-corrected chi connectivity index (χ4v) is 7.61. The van der Waals surface area contributed by atoms with Gasteiger partial charge in [-0.3, -0.25) is 14.3 Å². The Balaban J connectivity index is 1.32. The number of aromatic nitrogens is 2. The average Bonchev–Trinajstić information content (AvgIpc) is 3.46. The van der Waals surface area contributed by atoms with E-state index in [0.717, 1.165) is 34.5 Å². The average molecular weight is 550 g/mol. The lowest BCUT2D eigenvalue weighted by Gasteiger charge is -2.31. The molecule has 1 fully saturated rings. The van der Waals surface area contributed by atoms with E-state index in [1.54, 1.807) is 18.7 Å². The Bertz CT molecular complexity index is 1540. The maximum Gasteiger partial charge on any atom is 0.248 e. The number of fused-ring (bicyclic) bond motifs is 1. The van der Waals surface area contributed by atoms with Crippen molar-refractivity contribution in [2.75, 3.05) is 29.9 Å². The molecule has 206 valence electrons. The first-order chi connectivity index (χ1) is 18.6. The van der Waals surface area contributed by atoms with Crippen LogP contribution in [0.1, 0.15) is 40.9 Å². The second-order valence-electron chi connectivity index (χ2n) is 10.6. The molecule has 1 unspecified atom stereocenters. The summed E-state index contributed by atoms with van der Waals surface area (Å²) in [6.07, 6.45) is 2.00. The molecule has 1 aromatic heterocycles. The van der Waals surface area contributed by atoms with E-state index in [1.165, 1.54) is 8.99 Å². The van der Waals surface area contributed by atoms with Gasteiger partial charge in [-0.2, -0.15) is 9.40 Å². The zero-order valence-corrected chi connectivity index (χ0v) is 23.7. The molecule has 0 saturated carbocycles. The molecule has 0 radical (unpaired) electrons. The number of sulfonamides is 1. The Kier molecular flexibility index (Phi) is 7.35. The van der Waals surface area contributed by atoms with Crippen LogP contribution < -0.4 is 10.2 Å². The van der Waals surface area contributed by atoms with Crippen LogP contribution in [0.15, 0.2) is 47.4 Å². The normalized spacial score (nSPS) is 17.7. The quantitative estimate of drug-likeness (QED) is 0.504. The van der Waals surface area contributed by atoms with Gasteiger partial charge in [0.15, 0.2) is 0 Å². The molecular weight excluding hydrogens is 514 g/mol. The molecule has 1 atom stereocenters. The van der Waals surface area contributed by atoms with Gasteiger partial charge in [-0.1, -0.05) is 35.9 Å². The van der Waals surface area contributed by atoms with Crippen molar-refractivity contribution < 1.29 is 18.0 Å². The van der Waals surface area contributed by atoms with E-state index in [1.807, 2.05) is 56.3 Å². The fraction of sp³-hybridized carbons (Fsp3) is 0.414. The summed E-state index contributed by atoms with van der Waals surface area (Å²) in [7, 11) is -3.91. The third-order valence-electron chi connectivity index (χ3n) is 7.78. The van der Waals surface area contributed by atoms with Crippen LogP contribution in [0.25, 0.3) is 0 Å². The van der Waals surface area contributed by atoms with Gasteiger partial charge in [0.05, 0.1) is 17.3 Å². The molecular formula is C29H35N5O4S. The molecule has 39 heavy (non-hydrogen) atoms. The molecule has 9 nitrogen and oxygen atoms in total. The predicted molar refractivity (Wildman–Crippen MR) is 150 cm³/mol. The standard InChI is InChI=1S/C29H35N5O4S/c1-19-11-12-25(20(2)16-19)30-29(36)24-9-7-14-32(17-24)39(37,38)28-21(3)31-34(22(28)4)18-27(35)33-15-13-23-8-5-6-10-26(23)33/h5-6,8,10-12,16,24H,7,9,13-15,17-18H2,1-4H3,(H,30,36). The van der Waals surface area contributed by atoms with E-state index in [4.69, 9.17) is 0 Å². The Labute approximate surface area is 229 Å². The summed E-state index contributed by atoms with van der Waals surface area (Å²) in [5.74, 6) is -0.764. The number of benzene rings is 2. The number of para-hydroxylation sites is 1. The number of nitrogens with one attached hydrogen (secondary N) is 1. The molecule has 1 saturated heterocycles. The molecule has 0 aliphatic carbocycles. The maximum absolute atomic E-state index is 13.8. The summed E-state index contributed by atoms with van der Waals surface area (Å²) in [4.78, 5) is 28.1. The van der Waals surface area contributed by atoms with E-state index in [-0.39, 0.29) is 29.8 Å². The number of hydrogen-bond donors (Lipinski definition) is 1. The molecule has 1 N–H and O–H groups in total. The Morgan fingerprint density at radius 3 is 2.59 bits per heavy atom. The van der Waals surface area contributed by atoms with Crippen LogP contribution >= 0.6 is 0 Å². The minimum Gasteiger partial charge on any atom is -0.326 e. The lowest BCUT2D eigenvalue weighted by Crippen LogP contribution is -2.44. The third-order valence-corrected chi connectivity index (χ3v) is 9.90. The van der Waals surface area contributed by atoms with Gasteiger partial charge >= 0.3 is 0 Å². The van der Waals surface area contributed by atoms with Crippen molar-refractivity contribution in [3.05, 3.63) is 70.5 Å². The highest BCUT2D eigenvalue weighted by atomic mass is 32.2. The molecule has 2 amide bonds. The second-order valence-corrected chi connectivity index (χ2v) is 12.5. The molecule has 2 aromatic carbocycles. The first-order valence-electron chi connectivity index (χ1n) is 13.4. The molecule has 3 aromatic rings. The van der Waals surface area contributed by atoms with Crippen LogP contribution in [-0.4, -0.2) is 54.0 Å². The smallest absolute Gasteiger partial charge is 0.248 e. The minimum absolute atomic E-state index is 0.0442. The summed E-state index contributed by atoms with van der Waals surface area (Å²) in [6.45, 7) is 8.27. The van der Waals surface area contributed by atoms with E-state index in [0.29, 0.717) is 37.3 Å². The van der Waals surface area contributed by atoms with Gasteiger partial charge in [-0.25, -0.2) is 8.42 Å².